The predicted octanol–water partition coefficient (Wildman–Crippen LogP) is 5.13. The Bertz CT molecular complexity index is 390. The molecule has 4 nitrogen and oxygen atoms in total. The lowest BCUT2D eigenvalue weighted by molar-refractivity contribution is -0.433. The number of allylic oxidation sites excluding steroid dienone is 5. The van der Waals surface area contributed by atoms with Crippen LogP contribution in [0.15, 0.2) is 35.5 Å². The first-order chi connectivity index (χ1) is 11.0. The third kappa shape index (κ3) is 9.06. The molecule has 132 valence electrons. The largest absolute Gasteiger partial charge is 0.242 e. The van der Waals surface area contributed by atoms with Gasteiger partial charge in [0.1, 0.15) is 0 Å². The summed E-state index contributed by atoms with van der Waals surface area (Å²) in [6.07, 6.45) is 14.6. The van der Waals surface area contributed by atoms with E-state index >= 15 is 0 Å². The average molecular weight is 324 g/mol. The molecule has 0 aromatic heterocycles. The molecule has 2 bridgehead atoms. The topological polar surface area (TPSA) is 36.9 Å². The summed E-state index contributed by atoms with van der Waals surface area (Å²) in [5.41, 5.74) is 2.49. The minimum Gasteiger partial charge on any atom is -0.237 e. The van der Waals surface area contributed by atoms with Gasteiger partial charge in [-0.05, 0) is 70.8 Å². The highest BCUT2D eigenvalue weighted by Gasteiger charge is 2.25. The molecule has 2 aliphatic rings. The highest BCUT2D eigenvalue weighted by Crippen LogP contribution is 2.38. The van der Waals surface area contributed by atoms with Crippen molar-refractivity contribution in [3.8, 4) is 0 Å². The normalized spacial score (nSPS) is 22.3. The van der Waals surface area contributed by atoms with E-state index < -0.39 is 6.29 Å². The van der Waals surface area contributed by atoms with Crippen molar-refractivity contribution in [1.29, 1.82) is 0 Å². The molecule has 2 unspecified atom stereocenters. The first-order valence-corrected chi connectivity index (χ1v) is 8.43. The van der Waals surface area contributed by atoms with Crippen LogP contribution in [0.1, 0.15) is 52.9 Å². The van der Waals surface area contributed by atoms with Crippen LogP contribution in [0.3, 0.4) is 0 Å². The molecule has 0 aromatic carbocycles. The summed E-state index contributed by atoms with van der Waals surface area (Å²) in [6.45, 7) is 6.19. The molecular formula is C19H32O4. The summed E-state index contributed by atoms with van der Waals surface area (Å²) in [6, 6.07) is 0. The van der Waals surface area contributed by atoms with E-state index in [0.29, 0.717) is 0 Å². The Balaban J connectivity index is 0.000000304. The van der Waals surface area contributed by atoms with E-state index in [9.17, 15) is 0 Å². The molecule has 2 rings (SSSR count). The maximum Gasteiger partial charge on any atom is 0.242 e. The molecule has 2 atom stereocenters. The van der Waals surface area contributed by atoms with Gasteiger partial charge in [-0.15, -0.1) is 0 Å². The van der Waals surface area contributed by atoms with Crippen LogP contribution in [-0.4, -0.2) is 20.5 Å². The molecule has 23 heavy (non-hydrogen) atoms. The minimum absolute atomic E-state index is 0.623. The van der Waals surface area contributed by atoms with Crippen molar-refractivity contribution in [2.45, 2.75) is 59.2 Å². The van der Waals surface area contributed by atoms with Crippen molar-refractivity contribution in [3.05, 3.63) is 35.5 Å². The summed E-state index contributed by atoms with van der Waals surface area (Å²) in [4.78, 5) is 18.8. The summed E-state index contributed by atoms with van der Waals surface area (Å²) in [5.74, 6) is 1.98. The van der Waals surface area contributed by atoms with Crippen LogP contribution in [0.5, 0.6) is 0 Å². The SMILES string of the molecule is C1=CC2CCC1C2.COOC(C=C(C)CCC=C(C)C)OOC. The van der Waals surface area contributed by atoms with Gasteiger partial charge in [-0.25, -0.2) is 9.78 Å². The van der Waals surface area contributed by atoms with Crippen molar-refractivity contribution >= 4 is 0 Å². The summed E-state index contributed by atoms with van der Waals surface area (Å²) in [5, 5.41) is 0. The molecule has 0 spiro atoms. The Kier molecular flexibility index (Phi) is 10.1. The Morgan fingerprint density at radius 1 is 1.04 bits per heavy atom. The van der Waals surface area contributed by atoms with Crippen molar-refractivity contribution in [2.24, 2.45) is 11.8 Å². The highest BCUT2D eigenvalue weighted by molar-refractivity contribution is 5.06. The Labute approximate surface area is 141 Å². The van der Waals surface area contributed by atoms with Gasteiger partial charge in [0, 0.05) is 0 Å². The standard InChI is InChI=1S/C12H22O4.C7H10/c1-10(2)7-6-8-11(3)9-12(15-13-4)16-14-5;1-2-7-4-3-6(1)5-7/h7,9,12H,6,8H2,1-5H3;1-2,6-7H,3-5H2. The average Bonchev–Trinajstić information content (AvgIpc) is 3.13. The van der Waals surface area contributed by atoms with Gasteiger partial charge in [-0.1, -0.05) is 29.4 Å². The van der Waals surface area contributed by atoms with Gasteiger partial charge in [0.2, 0.25) is 6.29 Å². The van der Waals surface area contributed by atoms with E-state index in [2.05, 4.69) is 41.9 Å². The fraction of sp³-hybridized carbons (Fsp3) is 0.684. The van der Waals surface area contributed by atoms with Crippen molar-refractivity contribution < 1.29 is 19.6 Å². The summed E-state index contributed by atoms with van der Waals surface area (Å²) < 4.78 is 0. The maximum atomic E-state index is 4.84. The van der Waals surface area contributed by atoms with Crippen LogP contribution in [-0.2, 0) is 19.6 Å². The lowest BCUT2D eigenvalue weighted by Crippen LogP contribution is -2.14. The molecule has 0 aromatic rings. The second kappa shape index (κ2) is 11.6. The van der Waals surface area contributed by atoms with Crippen LogP contribution in [0, 0.1) is 11.8 Å². The number of fused-ring (bicyclic) bond motifs is 2. The first-order valence-electron chi connectivity index (χ1n) is 8.43. The van der Waals surface area contributed by atoms with Gasteiger partial charge in [0.15, 0.2) is 0 Å². The van der Waals surface area contributed by atoms with Crippen molar-refractivity contribution in [2.75, 3.05) is 14.2 Å². The van der Waals surface area contributed by atoms with Crippen molar-refractivity contribution in [3.63, 3.8) is 0 Å². The number of hydrogen-bond acceptors (Lipinski definition) is 4. The van der Waals surface area contributed by atoms with Crippen LogP contribution >= 0.6 is 0 Å². The molecule has 1 fully saturated rings. The molecule has 4 heteroatoms. The molecule has 0 heterocycles. The van der Waals surface area contributed by atoms with Gasteiger partial charge >= 0.3 is 0 Å². The van der Waals surface area contributed by atoms with E-state index in [1.165, 1.54) is 39.1 Å². The van der Waals surface area contributed by atoms with Gasteiger partial charge in [0.25, 0.3) is 0 Å². The van der Waals surface area contributed by atoms with Crippen LogP contribution in [0.2, 0.25) is 0 Å². The predicted molar refractivity (Wildman–Crippen MR) is 92.4 cm³/mol. The molecule has 0 radical (unpaired) electrons. The van der Waals surface area contributed by atoms with Gasteiger partial charge < -0.3 is 0 Å². The minimum atomic E-state index is -0.623. The molecule has 0 saturated heterocycles. The molecule has 2 aliphatic carbocycles. The maximum absolute atomic E-state index is 4.84. The van der Waals surface area contributed by atoms with E-state index in [-0.39, 0.29) is 0 Å². The molecule has 0 aliphatic heterocycles. The highest BCUT2D eigenvalue weighted by atomic mass is 17.3. The zero-order valence-corrected chi connectivity index (χ0v) is 15.2. The quantitative estimate of drug-likeness (QED) is 0.268. The zero-order valence-electron chi connectivity index (χ0n) is 15.2. The third-order valence-corrected chi connectivity index (χ3v) is 4.06. The van der Waals surface area contributed by atoms with Gasteiger partial charge in [-0.2, -0.15) is 9.78 Å². The summed E-state index contributed by atoms with van der Waals surface area (Å²) in [7, 11) is 2.86. The second-order valence-electron chi connectivity index (χ2n) is 6.45. The zero-order chi connectivity index (χ0) is 17.1. The number of rotatable bonds is 8. The first kappa shape index (κ1) is 20.1. The molecule has 0 N–H and O–H groups in total. The fourth-order valence-corrected chi connectivity index (χ4v) is 2.88. The molecular weight excluding hydrogens is 292 g/mol. The van der Waals surface area contributed by atoms with Crippen LogP contribution in [0.25, 0.3) is 0 Å². The Morgan fingerprint density at radius 2 is 1.61 bits per heavy atom. The summed E-state index contributed by atoms with van der Waals surface area (Å²) >= 11 is 0. The van der Waals surface area contributed by atoms with Crippen molar-refractivity contribution in [1.82, 2.24) is 0 Å². The second-order valence-corrected chi connectivity index (χ2v) is 6.45. The fourth-order valence-electron chi connectivity index (χ4n) is 2.88. The van der Waals surface area contributed by atoms with Crippen LogP contribution < -0.4 is 0 Å². The Hall–Kier alpha value is -0.940. The van der Waals surface area contributed by atoms with Gasteiger partial charge in [-0.3, -0.25) is 0 Å². The van der Waals surface area contributed by atoms with E-state index in [1.807, 2.05) is 13.0 Å². The Morgan fingerprint density at radius 3 is 1.96 bits per heavy atom. The van der Waals surface area contributed by atoms with E-state index in [4.69, 9.17) is 9.78 Å². The van der Waals surface area contributed by atoms with Gasteiger partial charge in [0.05, 0.1) is 14.2 Å². The smallest absolute Gasteiger partial charge is 0.237 e. The lowest BCUT2D eigenvalue weighted by atomic mass is 10.1. The molecule has 0 amide bonds. The van der Waals surface area contributed by atoms with E-state index in [0.717, 1.165) is 30.3 Å². The number of hydrogen-bond donors (Lipinski definition) is 0. The van der Waals surface area contributed by atoms with Crippen LogP contribution in [0.4, 0.5) is 0 Å². The lowest BCUT2D eigenvalue weighted by Gasteiger charge is -2.10. The van der Waals surface area contributed by atoms with E-state index in [1.54, 1.807) is 0 Å². The monoisotopic (exact) mass is 324 g/mol. The third-order valence-electron chi connectivity index (χ3n) is 4.06. The molecule has 1 saturated carbocycles.